The molecule has 0 aliphatic carbocycles. The standard InChI is InChI=1S/C16H15N5O/c1-21-9-13(8-20-21)14-4-2-3-11-7-12(5-6-15(11)14)16(22)18-10-19-17/h2-10H,17H2,1H3,(H,18,19,22). The SMILES string of the molecule is Cn1cc(-c2cccc3cc(C(=O)NC=NN)ccc23)cn1. The Hall–Kier alpha value is -3.15. The number of hydrogen-bond acceptors (Lipinski definition) is 4. The molecule has 0 unspecified atom stereocenters. The maximum absolute atomic E-state index is 11.9. The normalized spacial score (nSPS) is 11.1. The number of benzene rings is 2. The third kappa shape index (κ3) is 2.54. The molecule has 110 valence electrons. The molecule has 22 heavy (non-hydrogen) atoms. The largest absolute Gasteiger partial charge is 0.322 e. The first-order valence-corrected chi connectivity index (χ1v) is 6.73. The minimum Gasteiger partial charge on any atom is -0.322 e. The maximum atomic E-state index is 11.9. The summed E-state index contributed by atoms with van der Waals surface area (Å²) >= 11 is 0. The molecule has 1 heterocycles. The number of hydrazone groups is 1. The lowest BCUT2D eigenvalue weighted by atomic mass is 9.99. The minimum absolute atomic E-state index is 0.247. The molecule has 0 spiro atoms. The molecule has 3 rings (SSSR count). The topological polar surface area (TPSA) is 85.3 Å². The van der Waals surface area contributed by atoms with E-state index < -0.39 is 0 Å². The van der Waals surface area contributed by atoms with Crippen LogP contribution in [0.3, 0.4) is 0 Å². The number of amides is 1. The van der Waals surface area contributed by atoms with Crippen molar-refractivity contribution >= 4 is 23.0 Å². The second kappa shape index (κ2) is 5.69. The Morgan fingerprint density at radius 1 is 1.36 bits per heavy atom. The average Bonchev–Trinajstić information content (AvgIpc) is 2.97. The third-order valence-electron chi connectivity index (χ3n) is 3.43. The van der Waals surface area contributed by atoms with Gasteiger partial charge in [-0.05, 0) is 28.5 Å². The summed E-state index contributed by atoms with van der Waals surface area (Å²) in [5.41, 5.74) is 2.68. The molecule has 0 aliphatic rings. The molecule has 0 aliphatic heterocycles. The second-order valence-corrected chi connectivity index (χ2v) is 4.90. The van der Waals surface area contributed by atoms with Gasteiger partial charge in [0, 0.05) is 24.4 Å². The average molecular weight is 293 g/mol. The van der Waals surface area contributed by atoms with Crippen LogP contribution < -0.4 is 11.2 Å². The van der Waals surface area contributed by atoms with Gasteiger partial charge < -0.3 is 11.2 Å². The number of carbonyl (C=O) groups is 1. The van der Waals surface area contributed by atoms with E-state index in [1.165, 1.54) is 6.34 Å². The van der Waals surface area contributed by atoms with Crippen LogP contribution in [0.1, 0.15) is 10.4 Å². The van der Waals surface area contributed by atoms with Gasteiger partial charge in [-0.3, -0.25) is 9.48 Å². The van der Waals surface area contributed by atoms with Gasteiger partial charge in [0.15, 0.2) is 0 Å². The van der Waals surface area contributed by atoms with Crippen molar-refractivity contribution in [3.05, 3.63) is 54.4 Å². The van der Waals surface area contributed by atoms with E-state index >= 15 is 0 Å². The molecule has 6 heteroatoms. The van der Waals surface area contributed by atoms with E-state index in [0.717, 1.165) is 21.9 Å². The van der Waals surface area contributed by atoms with Gasteiger partial charge in [-0.25, -0.2) is 0 Å². The summed E-state index contributed by atoms with van der Waals surface area (Å²) < 4.78 is 1.77. The van der Waals surface area contributed by atoms with Crippen LogP contribution in [-0.4, -0.2) is 22.0 Å². The second-order valence-electron chi connectivity index (χ2n) is 4.90. The van der Waals surface area contributed by atoms with Crippen LogP contribution in [0.15, 0.2) is 53.9 Å². The molecule has 0 fully saturated rings. The Labute approximate surface area is 127 Å². The molecule has 6 nitrogen and oxygen atoms in total. The monoisotopic (exact) mass is 293 g/mol. The highest BCUT2D eigenvalue weighted by Crippen LogP contribution is 2.28. The highest BCUT2D eigenvalue weighted by atomic mass is 16.1. The van der Waals surface area contributed by atoms with Gasteiger partial charge in [0.2, 0.25) is 0 Å². The quantitative estimate of drug-likeness (QED) is 0.334. The predicted molar refractivity (Wildman–Crippen MR) is 86.3 cm³/mol. The van der Waals surface area contributed by atoms with E-state index in [9.17, 15) is 4.79 Å². The van der Waals surface area contributed by atoms with Crippen molar-refractivity contribution in [1.82, 2.24) is 15.1 Å². The van der Waals surface area contributed by atoms with Crippen LogP contribution in [0.4, 0.5) is 0 Å². The zero-order valence-electron chi connectivity index (χ0n) is 12.0. The number of carbonyl (C=O) groups excluding carboxylic acids is 1. The Balaban J connectivity index is 2.06. The summed E-state index contributed by atoms with van der Waals surface area (Å²) in [6.45, 7) is 0. The lowest BCUT2D eigenvalue weighted by molar-refractivity contribution is 0.0978. The molecule has 0 saturated carbocycles. The predicted octanol–water partition coefficient (Wildman–Crippen LogP) is 1.87. The Kier molecular flexibility index (Phi) is 3.57. The molecule has 0 atom stereocenters. The number of aromatic nitrogens is 2. The van der Waals surface area contributed by atoms with Gasteiger partial charge in [-0.15, -0.1) is 0 Å². The number of aryl methyl sites for hydroxylation is 1. The van der Waals surface area contributed by atoms with E-state index in [4.69, 9.17) is 5.84 Å². The third-order valence-corrected chi connectivity index (χ3v) is 3.43. The fourth-order valence-electron chi connectivity index (χ4n) is 2.42. The van der Waals surface area contributed by atoms with Crippen LogP contribution in [0.25, 0.3) is 21.9 Å². The number of nitrogens with one attached hydrogen (secondary N) is 1. The summed E-state index contributed by atoms with van der Waals surface area (Å²) in [6.07, 6.45) is 4.96. The number of nitrogens with two attached hydrogens (primary N) is 1. The summed E-state index contributed by atoms with van der Waals surface area (Å²) in [5.74, 6) is 4.73. The molecule has 1 aromatic heterocycles. The van der Waals surface area contributed by atoms with Crippen LogP contribution in [0.5, 0.6) is 0 Å². The van der Waals surface area contributed by atoms with Gasteiger partial charge in [0.05, 0.1) is 6.20 Å². The Morgan fingerprint density at radius 3 is 2.95 bits per heavy atom. The van der Waals surface area contributed by atoms with Crippen molar-refractivity contribution in [2.45, 2.75) is 0 Å². The first-order valence-electron chi connectivity index (χ1n) is 6.73. The Bertz CT molecular complexity index is 866. The number of hydrogen-bond donors (Lipinski definition) is 2. The molecular weight excluding hydrogens is 278 g/mol. The van der Waals surface area contributed by atoms with E-state index in [2.05, 4.69) is 15.5 Å². The highest BCUT2D eigenvalue weighted by Gasteiger charge is 2.09. The lowest BCUT2D eigenvalue weighted by Gasteiger charge is -2.07. The summed E-state index contributed by atoms with van der Waals surface area (Å²) in [7, 11) is 1.88. The summed E-state index contributed by atoms with van der Waals surface area (Å²) in [5, 5.41) is 12.0. The Morgan fingerprint density at radius 2 is 2.23 bits per heavy atom. The van der Waals surface area contributed by atoms with E-state index in [1.807, 2.05) is 49.8 Å². The van der Waals surface area contributed by atoms with E-state index in [-0.39, 0.29) is 5.91 Å². The molecule has 3 aromatic rings. The number of fused-ring (bicyclic) bond motifs is 1. The van der Waals surface area contributed by atoms with Crippen LogP contribution in [0, 0.1) is 0 Å². The number of nitrogens with zero attached hydrogens (tertiary/aromatic N) is 3. The molecule has 2 aromatic carbocycles. The van der Waals surface area contributed by atoms with Crippen molar-refractivity contribution in [2.75, 3.05) is 0 Å². The first-order chi connectivity index (χ1) is 10.7. The fraction of sp³-hybridized carbons (Fsp3) is 0.0625. The van der Waals surface area contributed by atoms with E-state index in [1.54, 1.807) is 10.7 Å². The fourth-order valence-corrected chi connectivity index (χ4v) is 2.42. The van der Waals surface area contributed by atoms with Crippen molar-refractivity contribution in [3.63, 3.8) is 0 Å². The number of rotatable bonds is 3. The molecule has 0 bridgehead atoms. The maximum Gasteiger partial charge on any atom is 0.256 e. The summed E-state index contributed by atoms with van der Waals surface area (Å²) in [6, 6.07) is 11.5. The van der Waals surface area contributed by atoms with Gasteiger partial charge >= 0.3 is 0 Å². The molecule has 0 saturated heterocycles. The van der Waals surface area contributed by atoms with Crippen molar-refractivity contribution in [3.8, 4) is 11.1 Å². The zero-order chi connectivity index (χ0) is 15.5. The van der Waals surface area contributed by atoms with Crippen molar-refractivity contribution < 1.29 is 4.79 Å². The van der Waals surface area contributed by atoms with Crippen LogP contribution in [-0.2, 0) is 7.05 Å². The van der Waals surface area contributed by atoms with Crippen LogP contribution in [0.2, 0.25) is 0 Å². The van der Waals surface area contributed by atoms with Gasteiger partial charge in [0.25, 0.3) is 5.91 Å². The minimum atomic E-state index is -0.247. The molecule has 1 amide bonds. The molecular formula is C16H15N5O. The summed E-state index contributed by atoms with van der Waals surface area (Å²) in [4.78, 5) is 11.9. The zero-order valence-corrected chi connectivity index (χ0v) is 12.0. The van der Waals surface area contributed by atoms with Gasteiger partial charge in [-0.2, -0.15) is 10.2 Å². The first kappa shape index (κ1) is 13.8. The van der Waals surface area contributed by atoms with Crippen molar-refractivity contribution in [2.24, 2.45) is 18.0 Å². The van der Waals surface area contributed by atoms with Crippen molar-refractivity contribution in [1.29, 1.82) is 0 Å². The van der Waals surface area contributed by atoms with Gasteiger partial charge in [-0.1, -0.05) is 24.3 Å². The van der Waals surface area contributed by atoms with Gasteiger partial charge in [0.1, 0.15) is 6.34 Å². The smallest absolute Gasteiger partial charge is 0.256 e. The molecule has 3 N–H and O–H groups in total. The lowest BCUT2D eigenvalue weighted by Crippen LogP contribution is -2.22. The molecule has 0 radical (unpaired) electrons. The van der Waals surface area contributed by atoms with Crippen LogP contribution >= 0.6 is 0 Å². The van der Waals surface area contributed by atoms with E-state index in [0.29, 0.717) is 5.56 Å². The highest BCUT2D eigenvalue weighted by molar-refractivity contribution is 6.05.